The van der Waals surface area contributed by atoms with E-state index in [0.717, 1.165) is 12.5 Å². The molecule has 1 aliphatic rings. The fourth-order valence-electron chi connectivity index (χ4n) is 2.59. The lowest BCUT2D eigenvalue weighted by atomic mass is 9.91. The highest BCUT2D eigenvalue weighted by molar-refractivity contribution is 4.84. The molecule has 1 fully saturated rings. The molecule has 0 aromatic heterocycles. The van der Waals surface area contributed by atoms with E-state index in [1.165, 1.54) is 38.9 Å². The molecule has 0 aliphatic carbocycles. The van der Waals surface area contributed by atoms with Gasteiger partial charge in [0.15, 0.2) is 0 Å². The Hall–Kier alpha value is -0.590. The van der Waals surface area contributed by atoms with Gasteiger partial charge in [-0.05, 0) is 52.1 Å². The molecule has 3 unspecified atom stereocenters. The molecule has 0 saturated carbocycles. The van der Waals surface area contributed by atoms with E-state index in [1.54, 1.807) is 0 Å². The highest BCUT2D eigenvalue weighted by Crippen LogP contribution is 2.19. The van der Waals surface area contributed by atoms with E-state index < -0.39 is 0 Å². The van der Waals surface area contributed by atoms with E-state index in [4.69, 9.17) is 5.26 Å². The van der Waals surface area contributed by atoms with Gasteiger partial charge < -0.3 is 10.2 Å². The summed E-state index contributed by atoms with van der Waals surface area (Å²) in [6, 6.07) is 2.81. The lowest BCUT2D eigenvalue weighted by molar-refractivity contribution is 0.150. The van der Waals surface area contributed by atoms with Crippen LogP contribution < -0.4 is 5.32 Å². The van der Waals surface area contributed by atoms with Gasteiger partial charge in [0, 0.05) is 19.1 Å². The first kappa shape index (κ1) is 14.5. The van der Waals surface area contributed by atoms with Gasteiger partial charge in [-0.1, -0.05) is 6.92 Å². The Bertz CT molecular complexity index is 244. The minimum Gasteiger partial charge on any atom is -0.313 e. The summed E-state index contributed by atoms with van der Waals surface area (Å²) in [4.78, 5) is 2.58. The first-order chi connectivity index (χ1) is 8.17. The van der Waals surface area contributed by atoms with Crippen LogP contribution in [0.4, 0.5) is 0 Å². The number of likely N-dealkylation sites (tertiary alicyclic amines) is 1. The van der Waals surface area contributed by atoms with Crippen LogP contribution >= 0.6 is 0 Å². The fourth-order valence-corrected chi connectivity index (χ4v) is 2.59. The first-order valence-electron chi connectivity index (χ1n) is 7.02. The summed E-state index contributed by atoms with van der Waals surface area (Å²) >= 11 is 0. The number of piperidine rings is 1. The van der Waals surface area contributed by atoms with Gasteiger partial charge in [-0.2, -0.15) is 5.26 Å². The van der Waals surface area contributed by atoms with Crippen molar-refractivity contribution in [1.29, 1.82) is 5.26 Å². The van der Waals surface area contributed by atoms with Crippen LogP contribution in [0, 0.1) is 23.2 Å². The van der Waals surface area contributed by atoms with E-state index in [0.29, 0.717) is 6.04 Å². The van der Waals surface area contributed by atoms with Crippen LogP contribution in [-0.4, -0.2) is 37.1 Å². The molecule has 0 aromatic rings. The second-order valence-electron chi connectivity index (χ2n) is 5.43. The molecule has 17 heavy (non-hydrogen) atoms. The molecule has 0 spiro atoms. The number of nitrogens with zero attached hydrogens (tertiary/aromatic N) is 2. The van der Waals surface area contributed by atoms with E-state index in [2.05, 4.69) is 30.1 Å². The highest BCUT2D eigenvalue weighted by Gasteiger charge is 2.23. The Morgan fingerprint density at radius 2 is 2.24 bits per heavy atom. The van der Waals surface area contributed by atoms with Crippen molar-refractivity contribution in [3.05, 3.63) is 0 Å². The second-order valence-corrected chi connectivity index (χ2v) is 5.43. The Labute approximate surface area is 106 Å². The van der Waals surface area contributed by atoms with Crippen molar-refractivity contribution >= 4 is 0 Å². The minimum atomic E-state index is 0.118. The maximum absolute atomic E-state index is 8.77. The molecule has 0 aromatic carbocycles. The van der Waals surface area contributed by atoms with E-state index in [9.17, 15) is 0 Å². The van der Waals surface area contributed by atoms with Gasteiger partial charge >= 0.3 is 0 Å². The zero-order valence-corrected chi connectivity index (χ0v) is 11.6. The zero-order chi connectivity index (χ0) is 12.7. The quantitative estimate of drug-likeness (QED) is 0.770. The molecular weight excluding hydrogens is 210 g/mol. The molecule has 3 heteroatoms. The molecule has 1 saturated heterocycles. The summed E-state index contributed by atoms with van der Waals surface area (Å²) in [6.45, 7) is 11.0. The Morgan fingerprint density at radius 3 is 2.88 bits per heavy atom. The Morgan fingerprint density at radius 1 is 1.47 bits per heavy atom. The number of hydrogen-bond acceptors (Lipinski definition) is 3. The third-order valence-corrected chi connectivity index (χ3v) is 3.76. The topological polar surface area (TPSA) is 39.1 Å². The SMILES string of the molecule is CCCN1CCCC(C(C)NCC(C)C#N)C1. The predicted molar refractivity (Wildman–Crippen MR) is 71.7 cm³/mol. The smallest absolute Gasteiger partial charge is 0.0666 e. The number of hydrogen-bond donors (Lipinski definition) is 1. The molecule has 98 valence electrons. The highest BCUT2D eigenvalue weighted by atomic mass is 15.1. The van der Waals surface area contributed by atoms with Crippen molar-refractivity contribution in [1.82, 2.24) is 10.2 Å². The summed E-state index contributed by atoms with van der Waals surface area (Å²) in [5.41, 5.74) is 0. The van der Waals surface area contributed by atoms with Crippen molar-refractivity contribution < 1.29 is 0 Å². The Balaban J connectivity index is 2.30. The van der Waals surface area contributed by atoms with Gasteiger partial charge in [0.2, 0.25) is 0 Å². The van der Waals surface area contributed by atoms with Crippen LogP contribution in [0.2, 0.25) is 0 Å². The van der Waals surface area contributed by atoms with Gasteiger partial charge in [0.05, 0.1) is 12.0 Å². The van der Waals surface area contributed by atoms with Crippen molar-refractivity contribution in [2.24, 2.45) is 11.8 Å². The Kier molecular flexibility index (Phi) is 6.54. The van der Waals surface area contributed by atoms with Gasteiger partial charge in [-0.15, -0.1) is 0 Å². The molecule has 0 bridgehead atoms. The number of rotatable bonds is 6. The first-order valence-corrected chi connectivity index (χ1v) is 7.02. The lowest BCUT2D eigenvalue weighted by Gasteiger charge is -2.36. The standard InChI is InChI=1S/C14H27N3/c1-4-7-17-8-5-6-14(11-17)13(3)16-10-12(2)9-15/h12-14,16H,4-8,10-11H2,1-3H3. The van der Waals surface area contributed by atoms with E-state index >= 15 is 0 Å². The van der Waals surface area contributed by atoms with Crippen LogP contribution in [0.5, 0.6) is 0 Å². The molecule has 1 rings (SSSR count). The van der Waals surface area contributed by atoms with Crippen molar-refractivity contribution in [2.75, 3.05) is 26.2 Å². The van der Waals surface area contributed by atoms with Gasteiger partial charge in [0.1, 0.15) is 0 Å². The summed E-state index contributed by atoms with van der Waals surface area (Å²) in [5, 5.41) is 12.3. The monoisotopic (exact) mass is 237 g/mol. The summed E-state index contributed by atoms with van der Waals surface area (Å²) in [7, 11) is 0. The second kappa shape index (κ2) is 7.68. The maximum Gasteiger partial charge on any atom is 0.0666 e. The number of nitrogens with one attached hydrogen (secondary N) is 1. The fraction of sp³-hybridized carbons (Fsp3) is 0.929. The molecule has 1 aliphatic heterocycles. The average molecular weight is 237 g/mol. The van der Waals surface area contributed by atoms with Crippen molar-refractivity contribution in [3.63, 3.8) is 0 Å². The maximum atomic E-state index is 8.77. The van der Waals surface area contributed by atoms with Crippen LogP contribution in [0.1, 0.15) is 40.0 Å². The normalized spacial score (nSPS) is 25.2. The predicted octanol–water partition coefficient (Wildman–Crippen LogP) is 2.25. The summed E-state index contributed by atoms with van der Waals surface area (Å²) in [6.07, 6.45) is 3.90. The lowest BCUT2D eigenvalue weighted by Crippen LogP contribution is -2.45. The molecule has 0 amide bonds. The van der Waals surface area contributed by atoms with Crippen LogP contribution in [0.25, 0.3) is 0 Å². The largest absolute Gasteiger partial charge is 0.313 e. The average Bonchev–Trinajstić information content (AvgIpc) is 2.36. The summed E-state index contributed by atoms with van der Waals surface area (Å²) < 4.78 is 0. The van der Waals surface area contributed by atoms with Crippen LogP contribution in [-0.2, 0) is 0 Å². The van der Waals surface area contributed by atoms with Crippen LogP contribution in [0.3, 0.4) is 0 Å². The van der Waals surface area contributed by atoms with Gasteiger partial charge in [-0.25, -0.2) is 0 Å². The van der Waals surface area contributed by atoms with Crippen molar-refractivity contribution in [2.45, 2.75) is 46.1 Å². The molecule has 0 radical (unpaired) electrons. The van der Waals surface area contributed by atoms with E-state index in [-0.39, 0.29) is 5.92 Å². The molecular formula is C14H27N3. The third-order valence-electron chi connectivity index (χ3n) is 3.76. The van der Waals surface area contributed by atoms with Gasteiger partial charge in [-0.3, -0.25) is 0 Å². The molecule has 1 N–H and O–H groups in total. The summed E-state index contributed by atoms with van der Waals surface area (Å²) in [5.74, 6) is 0.869. The van der Waals surface area contributed by atoms with Gasteiger partial charge in [0.25, 0.3) is 0 Å². The third kappa shape index (κ3) is 5.06. The number of nitriles is 1. The van der Waals surface area contributed by atoms with E-state index in [1.807, 2.05) is 6.92 Å². The minimum absolute atomic E-state index is 0.118. The molecule has 3 atom stereocenters. The zero-order valence-electron chi connectivity index (χ0n) is 11.6. The molecule has 3 nitrogen and oxygen atoms in total. The van der Waals surface area contributed by atoms with Crippen LogP contribution in [0.15, 0.2) is 0 Å². The van der Waals surface area contributed by atoms with Crippen molar-refractivity contribution in [3.8, 4) is 6.07 Å². The molecule has 1 heterocycles.